The van der Waals surface area contributed by atoms with Crippen LogP contribution in [-0.2, 0) is 23.8 Å². The second-order valence-corrected chi connectivity index (χ2v) is 13.4. The maximum Gasteiger partial charge on any atom is 0.342 e. The predicted molar refractivity (Wildman–Crippen MR) is 165 cm³/mol. The van der Waals surface area contributed by atoms with Gasteiger partial charge in [0.2, 0.25) is 5.79 Å². The van der Waals surface area contributed by atoms with Crippen molar-refractivity contribution in [3.8, 4) is 11.8 Å². The molecule has 1 saturated carbocycles. The fourth-order valence-electron chi connectivity index (χ4n) is 5.38. The maximum absolute atomic E-state index is 13.7. The zero-order chi connectivity index (χ0) is 31.0. The fraction of sp³-hybridized carbons (Fsp3) is 0.686. The Bertz CT molecular complexity index is 1110. The minimum absolute atomic E-state index is 0.110. The minimum atomic E-state index is -1.49. The van der Waals surface area contributed by atoms with E-state index in [2.05, 4.69) is 32.3 Å². The molecular weight excluding hydrogens is 514 g/mol. The van der Waals surface area contributed by atoms with E-state index in [0.29, 0.717) is 12.0 Å². The molecule has 6 heteroatoms. The standard InChI is InChI=1S/C35H53NO5/c1-11-15-24(3)21-29(30(36)22-31(37)39-33(6,7)8)35(32(38)40-34(9,10)41-35)23-25(4)20-28(26(5)12-2)17-14-13-16-27-18-19-27/h12,20,24,27,29,36H,4,11,13,15-16,18-19,21-23H2,1-3,5-10H3/b26-12-,28-20-,36-30?/t24?,29-,35-/m1/s1. The lowest BCUT2D eigenvalue weighted by molar-refractivity contribution is -0.170. The summed E-state index contributed by atoms with van der Waals surface area (Å²) in [7, 11) is 0. The van der Waals surface area contributed by atoms with Crippen molar-refractivity contribution < 1.29 is 23.8 Å². The summed E-state index contributed by atoms with van der Waals surface area (Å²) in [6, 6.07) is 0. The summed E-state index contributed by atoms with van der Waals surface area (Å²) >= 11 is 0. The number of esters is 2. The van der Waals surface area contributed by atoms with Crippen LogP contribution in [0.5, 0.6) is 0 Å². The molecule has 1 N–H and O–H groups in total. The molecule has 41 heavy (non-hydrogen) atoms. The summed E-state index contributed by atoms with van der Waals surface area (Å²) in [5, 5.41) is 9.09. The monoisotopic (exact) mass is 567 g/mol. The highest BCUT2D eigenvalue weighted by Crippen LogP contribution is 2.45. The van der Waals surface area contributed by atoms with Crippen molar-refractivity contribution in [1.29, 1.82) is 5.41 Å². The molecule has 3 atom stereocenters. The lowest BCUT2D eigenvalue weighted by atomic mass is 9.73. The van der Waals surface area contributed by atoms with Crippen LogP contribution < -0.4 is 0 Å². The smallest absolute Gasteiger partial charge is 0.342 e. The van der Waals surface area contributed by atoms with Gasteiger partial charge in [0.15, 0.2) is 5.60 Å². The Kier molecular flexibility index (Phi) is 12.2. The van der Waals surface area contributed by atoms with Crippen LogP contribution in [0.1, 0.15) is 120 Å². The number of nitrogens with one attached hydrogen (secondary N) is 1. The third-order valence-electron chi connectivity index (χ3n) is 7.56. The summed E-state index contributed by atoms with van der Waals surface area (Å²) in [4.78, 5) is 26.5. The first kappa shape index (κ1) is 34.6. The molecule has 0 aromatic carbocycles. The van der Waals surface area contributed by atoms with Gasteiger partial charge in [-0.15, -0.1) is 0 Å². The summed E-state index contributed by atoms with van der Waals surface area (Å²) in [6.45, 7) is 21.3. The Morgan fingerprint density at radius 3 is 2.46 bits per heavy atom. The van der Waals surface area contributed by atoms with E-state index < -0.39 is 34.8 Å². The lowest BCUT2D eigenvalue weighted by Crippen LogP contribution is -2.49. The quantitative estimate of drug-likeness (QED) is 0.0988. The van der Waals surface area contributed by atoms with Crippen LogP contribution in [0, 0.1) is 35.0 Å². The second-order valence-electron chi connectivity index (χ2n) is 13.4. The predicted octanol–water partition coefficient (Wildman–Crippen LogP) is 8.26. The van der Waals surface area contributed by atoms with Gasteiger partial charge in [-0.05, 0) is 70.9 Å². The molecule has 0 aromatic heterocycles. The number of cyclic esters (lactones) is 1. The number of rotatable bonds is 14. The van der Waals surface area contributed by atoms with E-state index in [4.69, 9.17) is 19.6 Å². The van der Waals surface area contributed by atoms with Crippen molar-refractivity contribution >= 4 is 17.7 Å². The fourth-order valence-corrected chi connectivity index (χ4v) is 5.38. The van der Waals surface area contributed by atoms with Gasteiger partial charge in [0.1, 0.15) is 5.60 Å². The molecule has 0 bridgehead atoms. The van der Waals surface area contributed by atoms with Crippen molar-refractivity contribution in [3.05, 3.63) is 35.5 Å². The Balaban J connectivity index is 2.47. The third-order valence-corrected chi connectivity index (χ3v) is 7.56. The van der Waals surface area contributed by atoms with E-state index >= 15 is 0 Å². The summed E-state index contributed by atoms with van der Waals surface area (Å²) in [6.07, 6.45) is 10.8. The van der Waals surface area contributed by atoms with E-state index in [1.807, 2.05) is 26.0 Å². The van der Waals surface area contributed by atoms with Crippen molar-refractivity contribution in [2.75, 3.05) is 0 Å². The molecule has 1 heterocycles. The molecule has 0 spiro atoms. The van der Waals surface area contributed by atoms with Crippen LogP contribution in [0.3, 0.4) is 0 Å². The number of hydrogen-bond acceptors (Lipinski definition) is 6. The molecule has 0 radical (unpaired) electrons. The summed E-state index contributed by atoms with van der Waals surface area (Å²) in [5.74, 6) is 4.77. The number of hydrogen-bond donors (Lipinski definition) is 1. The summed E-state index contributed by atoms with van der Waals surface area (Å²) in [5.41, 5.74) is 0.481. The molecule has 228 valence electrons. The molecule has 0 aromatic rings. The van der Waals surface area contributed by atoms with Crippen LogP contribution in [0.25, 0.3) is 0 Å². The van der Waals surface area contributed by atoms with Crippen molar-refractivity contribution in [1.82, 2.24) is 0 Å². The normalized spacial score (nSPS) is 22.3. The van der Waals surface area contributed by atoms with Gasteiger partial charge in [0, 0.05) is 43.9 Å². The zero-order valence-corrected chi connectivity index (χ0v) is 27.0. The van der Waals surface area contributed by atoms with Crippen LogP contribution in [0.2, 0.25) is 0 Å². The second kappa shape index (κ2) is 14.5. The Morgan fingerprint density at radius 2 is 1.95 bits per heavy atom. The third kappa shape index (κ3) is 10.9. The first-order valence-corrected chi connectivity index (χ1v) is 15.3. The molecule has 1 aliphatic carbocycles. The van der Waals surface area contributed by atoms with E-state index in [1.165, 1.54) is 12.8 Å². The molecular formula is C35H53NO5. The Morgan fingerprint density at radius 1 is 1.29 bits per heavy atom. The van der Waals surface area contributed by atoms with Gasteiger partial charge in [-0.2, -0.15) is 0 Å². The van der Waals surface area contributed by atoms with E-state index in [0.717, 1.165) is 42.7 Å². The van der Waals surface area contributed by atoms with Gasteiger partial charge < -0.3 is 19.6 Å². The van der Waals surface area contributed by atoms with Crippen molar-refractivity contribution in [2.24, 2.45) is 17.8 Å². The van der Waals surface area contributed by atoms with Crippen molar-refractivity contribution in [2.45, 2.75) is 137 Å². The van der Waals surface area contributed by atoms with Gasteiger partial charge in [-0.1, -0.05) is 69.6 Å². The molecule has 2 aliphatic rings. The number of carbonyl (C=O) groups excluding carboxylic acids is 2. The van der Waals surface area contributed by atoms with Gasteiger partial charge in [-0.25, -0.2) is 4.79 Å². The molecule has 1 unspecified atom stereocenters. The molecule has 1 aliphatic heterocycles. The Hall–Kier alpha value is -2.65. The van der Waals surface area contributed by atoms with Crippen LogP contribution in [0.4, 0.5) is 0 Å². The van der Waals surface area contributed by atoms with Crippen LogP contribution >= 0.6 is 0 Å². The molecule has 0 amide bonds. The van der Waals surface area contributed by atoms with Gasteiger partial charge >= 0.3 is 11.9 Å². The van der Waals surface area contributed by atoms with E-state index in [-0.39, 0.29) is 24.5 Å². The highest BCUT2D eigenvalue weighted by Gasteiger charge is 2.59. The maximum atomic E-state index is 13.7. The summed E-state index contributed by atoms with van der Waals surface area (Å²) < 4.78 is 17.7. The van der Waals surface area contributed by atoms with Crippen molar-refractivity contribution in [3.63, 3.8) is 0 Å². The highest BCUT2D eigenvalue weighted by atomic mass is 16.8. The largest absolute Gasteiger partial charge is 0.460 e. The van der Waals surface area contributed by atoms with Gasteiger partial charge in [0.25, 0.3) is 0 Å². The topological polar surface area (TPSA) is 85.7 Å². The zero-order valence-electron chi connectivity index (χ0n) is 27.0. The SMILES string of the molecule is C=C(/C=C(C#CCCC1CC1)\C(C)=C/C)C[C@]1([C@H](CC(C)CCC)C(=N)CC(=O)OC(C)(C)C)OC(C)(C)OC1=O. The Labute approximate surface area is 248 Å². The van der Waals surface area contributed by atoms with Gasteiger partial charge in [0.05, 0.1) is 6.42 Å². The number of allylic oxidation sites excluding steroid dienone is 4. The highest BCUT2D eigenvalue weighted by molar-refractivity contribution is 6.02. The van der Waals surface area contributed by atoms with Crippen LogP contribution in [0.15, 0.2) is 35.5 Å². The average molecular weight is 568 g/mol. The van der Waals surface area contributed by atoms with E-state index in [9.17, 15) is 9.59 Å². The first-order valence-electron chi connectivity index (χ1n) is 15.3. The first-order chi connectivity index (χ1) is 19.0. The average Bonchev–Trinajstić information content (AvgIpc) is 3.62. The van der Waals surface area contributed by atoms with Crippen LogP contribution in [-0.4, -0.2) is 34.6 Å². The minimum Gasteiger partial charge on any atom is -0.460 e. The number of ether oxygens (including phenoxy) is 3. The molecule has 2 fully saturated rings. The lowest BCUT2D eigenvalue weighted by Gasteiger charge is -2.36. The molecule has 6 nitrogen and oxygen atoms in total. The molecule has 1 saturated heterocycles. The van der Waals surface area contributed by atoms with Gasteiger partial charge in [-0.3, -0.25) is 4.79 Å². The van der Waals surface area contributed by atoms with E-state index in [1.54, 1.807) is 34.6 Å². The number of carbonyl (C=O) groups is 2. The molecule has 2 rings (SSSR count).